The minimum Gasteiger partial charge on any atom is -0.482 e. The number of aryl methyl sites for hydroxylation is 1. The number of nitrogens with one attached hydrogen (secondary N) is 3. The van der Waals surface area contributed by atoms with Gasteiger partial charge < -0.3 is 15.0 Å². The van der Waals surface area contributed by atoms with Crippen molar-refractivity contribution in [3.63, 3.8) is 0 Å². The maximum absolute atomic E-state index is 12.1. The number of halogens is 2. The summed E-state index contributed by atoms with van der Waals surface area (Å²) in [6, 6.07) is 9.69. The normalized spacial score (nSPS) is 9.89. The molecule has 0 aliphatic rings. The molecule has 10 heteroatoms. The first-order valence-electron chi connectivity index (χ1n) is 8.29. The van der Waals surface area contributed by atoms with Crippen LogP contribution in [0, 0.1) is 6.92 Å². The van der Waals surface area contributed by atoms with Crippen molar-refractivity contribution >= 4 is 42.5 Å². The smallest absolute Gasteiger partial charge is 0.294 e. The van der Waals surface area contributed by atoms with Gasteiger partial charge in [-0.05, 0) is 12.5 Å². The molecule has 1 aromatic carbocycles. The summed E-state index contributed by atoms with van der Waals surface area (Å²) in [6.45, 7) is 3.04. The van der Waals surface area contributed by atoms with E-state index < -0.39 is 0 Å². The first kappa shape index (κ1) is 23.9. The molecule has 0 saturated heterocycles. The number of nitrogens with zero attached hydrogens (tertiary/aromatic N) is 2. The minimum absolute atomic E-state index is 0. The molecule has 3 rings (SSSR count). The Morgan fingerprint density at radius 3 is 2.64 bits per heavy atom. The number of anilines is 1. The van der Waals surface area contributed by atoms with Crippen molar-refractivity contribution < 1.29 is 4.74 Å². The molecule has 3 aromatic rings. The number of H-pyrrole nitrogens is 2. The van der Waals surface area contributed by atoms with Gasteiger partial charge >= 0.3 is 0 Å². The van der Waals surface area contributed by atoms with Crippen molar-refractivity contribution in [2.75, 3.05) is 17.6 Å². The lowest BCUT2D eigenvalue weighted by molar-refractivity contribution is 0.300. The number of ether oxygens (including phenoxy) is 1. The standard InChI is InChI=1S/C18H21N5O2S.2ClH/c1-13-15(22-12-21-13)11-26-8-7-19-18-20-9-16(17(24)23-18)25-10-14-5-3-2-4-6-14;;/h2-6,9,12H,7-8,10-11H2,1H3,(H,21,22)(H2,19,20,23,24);2*1H. The molecule has 152 valence electrons. The summed E-state index contributed by atoms with van der Waals surface area (Å²) in [5.41, 5.74) is 2.88. The van der Waals surface area contributed by atoms with E-state index in [0.717, 1.165) is 28.5 Å². The Hall–Kier alpha value is -2.16. The average molecular weight is 444 g/mol. The number of rotatable bonds is 9. The molecular formula is C18H23Cl2N5O2S. The molecule has 2 aromatic heterocycles. The fraction of sp³-hybridized carbons (Fsp3) is 0.278. The van der Waals surface area contributed by atoms with Gasteiger partial charge in [0.2, 0.25) is 11.7 Å². The maximum Gasteiger partial charge on any atom is 0.294 e. The van der Waals surface area contributed by atoms with Gasteiger partial charge in [0.15, 0.2) is 0 Å². The zero-order valence-corrected chi connectivity index (χ0v) is 17.8. The van der Waals surface area contributed by atoms with Gasteiger partial charge in [0.1, 0.15) is 6.61 Å². The zero-order valence-electron chi connectivity index (χ0n) is 15.3. The van der Waals surface area contributed by atoms with Crippen molar-refractivity contribution in [1.29, 1.82) is 0 Å². The summed E-state index contributed by atoms with van der Waals surface area (Å²) in [7, 11) is 0. The maximum atomic E-state index is 12.1. The summed E-state index contributed by atoms with van der Waals surface area (Å²) in [5.74, 6) is 2.39. The van der Waals surface area contributed by atoms with E-state index in [4.69, 9.17) is 4.74 Å². The Bertz CT molecular complexity index is 889. The molecule has 28 heavy (non-hydrogen) atoms. The first-order valence-corrected chi connectivity index (χ1v) is 9.44. The topological polar surface area (TPSA) is 95.7 Å². The molecule has 0 radical (unpaired) electrons. The van der Waals surface area contributed by atoms with E-state index >= 15 is 0 Å². The number of hydrogen-bond donors (Lipinski definition) is 3. The van der Waals surface area contributed by atoms with Crippen LogP contribution >= 0.6 is 36.6 Å². The Morgan fingerprint density at radius 1 is 1.18 bits per heavy atom. The van der Waals surface area contributed by atoms with Crippen LogP contribution in [0.5, 0.6) is 5.75 Å². The summed E-state index contributed by atoms with van der Waals surface area (Å²) < 4.78 is 5.53. The molecule has 0 spiro atoms. The van der Waals surface area contributed by atoms with Gasteiger partial charge in [-0.25, -0.2) is 9.97 Å². The van der Waals surface area contributed by atoms with Gasteiger partial charge in [-0.1, -0.05) is 30.3 Å². The fourth-order valence-electron chi connectivity index (χ4n) is 2.25. The predicted octanol–water partition coefficient (Wildman–Crippen LogP) is 3.57. The molecular weight excluding hydrogens is 421 g/mol. The highest BCUT2D eigenvalue weighted by molar-refractivity contribution is 7.98. The fourth-order valence-corrected chi connectivity index (χ4v) is 3.13. The predicted molar refractivity (Wildman–Crippen MR) is 118 cm³/mol. The van der Waals surface area contributed by atoms with Crippen molar-refractivity contribution in [2.24, 2.45) is 0 Å². The lowest BCUT2D eigenvalue weighted by Crippen LogP contribution is -2.16. The molecule has 0 fully saturated rings. The molecule has 0 aliphatic heterocycles. The van der Waals surface area contributed by atoms with Gasteiger partial charge in [0, 0.05) is 23.7 Å². The molecule has 2 heterocycles. The van der Waals surface area contributed by atoms with Crippen LogP contribution in [0.3, 0.4) is 0 Å². The monoisotopic (exact) mass is 443 g/mol. The van der Waals surface area contributed by atoms with Crippen LogP contribution in [0.15, 0.2) is 47.7 Å². The van der Waals surface area contributed by atoms with Crippen LogP contribution in [-0.4, -0.2) is 32.2 Å². The quantitative estimate of drug-likeness (QED) is 0.437. The average Bonchev–Trinajstić information content (AvgIpc) is 3.06. The Balaban J connectivity index is 0.00000196. The Morgan fingerprint density at radius 2 is 1.96 bits per heavy atom. The Labute approximate surface area is 179 Å². The highest BCUT2D eigenvalue weighted by atomic mass is 35.5. The van der Waals surface area contributed by atoms with Crippen LogP contribution in [0.1, 0.15) is 17.0 Å². The second-order valence-electron chi connectivity index (χ2n) is 5.65. The number of imidazole rings is 1. The van der Waals surface area contributed by atoms with Gasteiger partial charge in [0.05, 0.1) is 18.2 Å². The number of benzene rings is 1. The number of aromatic amines is 2. The summed E-state index contributed by atoms with van der Waals surface area (Å²) >= 11 is 1.77. The van der Waals surface area contributed by atoms with Gasteiger partial charge in [-0.3, -0.25) is 9.78 Å². The third kappa shape index (κ3) is 7.10. The summed E-state index contributed by atoms with van der Waals surface area (Å²) in [5, 5.41) is 3.11. The lowest BCUT2D eigenvalue weighted by atomic mass is 10.2. The zero-order chi connectivity index (χ0) is 18.2. The minimum atomic E-state index is -0.293. The van der Waals surface area contributed by atoms with Crippen molar-refractivity contribution in [3.8, 4) is 5.75 Å². The molecule has 0 bridgehead atoms. The van der Waals surface area contributed by atoms with Crippen LogP contribution in [0.25, 0.3) is 0 Å². The highest BCUT2D eigenvalue weighted by Crippen LogP contribution is 2.12. The van der Waals surface area contributed by atoms with Crippen molar-refractivity contribution in [1.82, 2.24) is 19.9 Å². The van der Waals surface area contributed by atoms with E-state index in [1.165, 1.54) is 6.20 Å². The summed E-state index contributed by atoms with van der Waals surface area (Å²) in [4.78, 5) is 26.3. The highest BCUT2D eigenvalue weighted by Gasteiger charge is 2.05. The largest absolute Gasteiger partial charge is 0.482 e. The molecule has 0 saturated carbocycles. The van der Waals surface area contributed by atoms with Crippen molar-refractivity contribution in [2.45, 2.75) is 19.3 Å². The lowest BCUT2D eigenvalue weighted by Gasteiger charge is -2.07. The van der Waals surface area contributed by atoms with Crippen LogP contribution < -0.4 is 15.6 Å². The third-order valence-corrected chi connectivity index (χ3v) is 4.69. The molecule has 0 atom stereocenters. The van der Waals surface area contributed by atoms with Crippen LogP contribution in [0.4, 0.5) is 5.95 Å². The number of aromatic nitrogens is 4. The van der Waals surface area contributed by atoms with Crippen LogP contribution in [-0.2, 0) is 12.4 Å². The third-order valence-electron chi connectivity index (χ3n) is 3.72. The van der Waals surface area contributed by atoms with E-state index in [2.05, 4.69) is 25.3 Å². The van der Waals surface area contributed by atoms with Gasteiger partial charge in [-0.2, -0.15) is 11.8 Å². The second kappa shape index (κ2) is 12.3. The number of thioether (sulfide) groups is 1. The molecule has 0 aliphatic carbocycles. The molecule has 7 nitrogen and oxygen atoms in total. The Kier molecular flexibility index (Phi) is 10.5. The summed E-state index contributed by atoms with van der Waals surface area (Å²) in [6.07, 6.45) is 3.16. The van der Waals surface area contributed by atoms with Gasteiger partial charge in [-0.15, -0.1) is 24.8 Å². The van der Waals surface area contributed by atoms with E-state index in [1.54, 1.807) is 18.1 Å². The van der Waals surface area contributed by atoms with Crippen molar-refractivity contribution in [3.05, 3.63) is 70.2 Å². The van der Waals surface area contributed by atoms with E-state index in [-0.39, 0.29) is 36.1 Å². The SMILES string of the molecule is Cc1[nH]cnc1CSCCNc1ncc(OCc2ccccc2)c(=O)[nH]1.Cl.Cl. The molecule has 3 N–H and O–H groups in total. The van der Waals surface area contributed by atoms with Gasteiger partial charge in [0.25, 0.3) is 5.56 Å². The molecule has 0 unspecified atom stereocenters. The number of hydrogen-bond acceptors (Lipinski definition) is 6. The second-order valence-corrected chi connectivity index (χ2v) is 6.76. The van der Waals surface area contributed by atoms with E-state index in [0.29, 0.717) is 19.1 Å². The molecule has 0 amide bonds. The van der Waals surface area contributed by atoms with E-state index in [9.17, 15) is 4.79 Å². The van der Waals surface area contributed by atoms with Crippen LogP contribution in [0.2, 0.25) is 0 Å². The first-order chi connectivity index (χ1) is 12.7. The van der Waals surface area contributed by atoms with E-state index in [1.807, 2.05) is 37.3 Å².